The molecular weight excluding hydrogens is 372 g/mol. The lowest BCUT2D eigenvalue weighted by Gasteiger charge is -2.21. The molecular formula is C22H25ClN4O. The van der Waals surface area contributed by atoms with Crippen LogP contribution in [0.2, 0.25) is 5.02 Å². The number of nitrogens with zero attached hydrogens (tertiary/aromatic N) is 3. The van der Waals surface area contributed by atoms with Gasteiger partial charge in [-0.2, -0.15) is 5.10 Å². The summed E-state index contributed by atoms with van der Waals surface area (Å²) in [7, 11) is 0. The number of benzene rings is 2. The number of aliphatic hydroxyl groups is 1. The molecule has 1 fully saturated rings. The van der Waals surface area contributed by atoms with Crippen LogP contribution < -0.4 is 0 Å². The molecule has 1 aliphatic rings. The van der Waals surface area contributed by atoms with Gasteiger partial charge in [0.05, 0.1) is 18.0 Å². The first kappa shape index (κ1) is 19.2. The number of hydrogen-bond donors (Lipinski definition) is 2. The second kappa shape index (κ2) is 8.88. The highest BCUT2D eigenvalue weighted by atomic mass is 35.5. The van der Waals surface area contributed by atoms with E-state index in [4.69, 9.17) is 11.6 Å². The van der Waals surface area contributed by atoms with Crippen molar-refractivity contribution in [1.29, 1.82) is 0 Å². The molecule has 146 valence electrons. The van der Waals surface area contributed by atoms with E-state index in [9.17, 15) is 5.11 Å². The number of β-amino-alcohol motifs (C(OH)–C–C–N with tert-alkyl or cyclic N) is 1. The molecule has 28 heavy (non-hydrogen) atoms. The van der Waals surface area contributed by atoms with E-state index in [1.165, 1.54) is 5.56 Å². The van der Waals surface area contributed by atoms with E-state index in [0.717, 1.165) is 48.0 Å². The lowest BCUT2D eigenvalue weighted by atomic mass is 10.1. The number of H-pyrrole nitrogens is 1. The molecule has 1 saturated heterocycles. The molecule has 0 unspecified atom stereocenters. The van der Waals surface area contributed by atoms with Crippen LogP contribution in [0.5, 0.6) is 0 Å². The molecule has 6 heteroatoms. The van der Waals surface area contributed by atoms with E-state index in [0.29, 0.717) is 13.1 Å². The van der Waals surface area contributed by atoms with E-state index in [1.807, 2.05) is 36.5 Å². The second-order valence-electron chi connectivity index (χ2n) is 7.39. The van der Waals surface area contributed by atoms with Gasteiger partial charge < -0.3 is 5.11 Å². The number of rotatable bonds is 5. The zero-order chi connectivity index (χ0) is 19.3. The molecule has 1 aromatic heterocycles. The Morgan fingerprint density at radius 1 is 0.964 bits per heavy atom. The van der Waals surface area contributed by atoms with Crippen molar-refractivity contribution in [3.8, 4) is 11.3 Å². The Morgan fingerprint density at radius 3 is 2.36 bits per heavy atom. The summed E-state index contributed by atoms with van der Waals surface area (Å²) in [5, 5.41) is 18.6. The predicted molar refractivity (Wildman–Crippen MR) is 112 cm³/mol. The van der Waals surface area contributed by atoms with Crippen molar-refractivity contribution < 1.29 is 5.11 Å². The van der Waals surface area contributed by atoms with Gasteiger partial charge in [-0.05, 0) is 23.3 Å². The van der Waals surface area contributed by atoms with Crippen molar-refractivity contribution >= 4 is 11.6 Å². The maximum absolute atomic E-state index is 10.5. The Labute approximate surface area is 170 Å². The highest BCUT2D eigenvalue weighted by Crippen LogP contribution is 2.24. The lowest BCUT2D eigenvalue weighted by Crippen LogP contribution is -2.33. The average molecular weight is 397 g/mol. The Morgan fingerprint density at radius 2 is 1.64 bits per heavy atom. The number of aromatic nitrogens is 2. The summed E-state index contributed by atoms with van der Waals surface area (Å²) >= 11 is 6.01. The lowest BCUT2D eigenvalue weighted by molar-refractivity contribution is 0.106. The molecule has 0 spiro atoms. The molecule has 5 nitrogen and oxygen atoms in total. The molecule has 2 heterocycles. The van der Waals surface area contributed by atoms with Gasteiger partial charge in [-0.3, -0.25) is 14.9 Å². The van der Waals surface area contributed by atoms with Gasteiger partial charge in [-0.25, -0.2) is 0 Å². The second-order valence-corrected chi connectivity index (χ2v) is 7.82. The standard InChI is InChI=1S/C22H25ClN4O/c23-20-8-6-18(7-9-20)22-19(12-24-25-22)14-27-11-10-26(15-21(28)16-27)13-17-4-2-1-3-5-17/h1-9,12,21,28H,10-11,13-16H2,(H,24,25)/t21-/m0/s1. The van der Waals surface area contributed by atoms with Crippen LogP contribution >= 0.6 is 11.6 Å². The van der Waals surface area contributed by atoms with Crippen molar-refractivity contribution in [2.24, 2.45) is 0 Å². The zero-order valence-corrected chi connectivity index (χ0v) is 16.5. The fraction of sp³-hybridized carbons (Fsp3) is 0.318. The third kappa shape index (κ3) is 4.80. The summed E-state index contributed by atoms with van der Waals surface area (Å²) in [6.45, 7) is 4.82. The summed E-state index contributed by atoms with van der Waals surface area (Å²) in [5.41, 5.74) is 4.49. The molecule has 0 bridgehead atoms. The Hall–Kier alpha value is -2.18. The largest absolute Gasteiger partial charge is 0.390 e. The first-order valence-corrected chi connectivity index (χ1v) is 10.00. The van der Waals surface area contributed by atoms with Gasteiger partial charge in [0.1, 0.15) is 0 Å². The van der Waals surface area contributed by atoms with Gasteiger partial charge in [0.25, 0.3) is 0 Å². The summed E-state index contributed by atoms with van der Waals surface area (Å²) < 4.78 is 0. The summed E-state index contributed by atoms with van der Waals surface area (Å²) in [6, 6.07) is 18.2. The van der Waals surface area contributed by atoms with Crippen LogP contribution in [0.4, 0.5) is 0 Å². The van der Waals surface area contributed by atoms with Gasteiger partial charge in [0.2, 0.25) is 0 Å². The molecule has 1 atom stereocenters. The molecule has 3 aromatic rings. The Bertz CT molecular complexity index is 881. The van der Waals surface area contributed by atoms with Crippen molar-refractivity contribution in [3.05, 3.63) is 76.9 Å². The highest BCUT2D eigenvalue weighted by molar-refractivity contribution is 6.30. The Kier molecular flexibility index (Phi) is 6.07. The summed E-state index contributed by atoms with van der Waals surface area (Å²) in [6.07, 6.45) is 1.51. The number of hydrogen-bond acceptors (Lipinski definition) is 4. The van der Waals surface area contributed by atoms with Gasteiger partial charge in [0.15, 0.2) is 0 Å². The third-order valence-electron chi connectivity index (χ3n) is 5.16. The van der Waals surface area contributed by atoms with E-state index < -0.39 is 0 Å². The van der Waals surface area contributed by atoms with Gasteiger partial charge in [-0.15, -0.1) is 0 Å². The fourth-order valence-electron chi connectivity index (χ4n) is 3.79. The van der Waals surface area contributed by atoms with Crippen molar-refractivity contribution in [2.45, 2.75) is 19.2 Å². The average Bonchev–Trinajstić information content (AvgIpc) is 3.07. The minimum absolute atomic E-state index is 0.364. The summed E-state index contributed by atoms with van der Waals surface area (Å²) in [4.78, 5) is 4.63. The van der Waals surface area contributed by atoms with Crippen molar-refractivity contribution in [3.63, 3.8) is 0 Å². The van der Waals surface area contributed by atoms with E-state index >= 15 is 0 Å². The first-order valence-electron chi connectivity index (χ1n) is 9.62. The monoisotopic (exact) mass is 396 g/mol. The topological polar surface area (TPSA) is 55.4 Å². The SMILES string of the molecule is O[C@H]1CN(Cc2ccccc2)CCN(Cc2cn[nH]c2-c2ccc(Cl)cc2)C1. The maximum Gasteiger partial charge on any atom is 0.0794 e. The van der Waals surface area contributed by atoms with Gasteiger partial charge >= 0.3 is 0 Å². The molecule has 2 aromatic carbocycles. The van der Waals surface area contributed by atoms with Crippen LogP contribution in [-0.4, -0.2) is 57.4 Å². The van der Waals surface area contributed by atoms with E-state index in [2.05, 4.69) is 44.3 Å². The van der Waals surface area contributed by atoms with E-state index in [1.54, 1.807) is 0 Å². The van der Waals surface area contributed by atoms with Gasteiger partial charge in [0, 0.05) is 49.9 Å². The van der Waals surface area contributed by atoms with Crippen LogP contribution in [0.1, 0.15) is 11.1 Å². The Balaban J connectivity index is 1.42. The molecule has 0 radical (unpaired) electrons. The normalized spacial score (nSPS) is 18.9. The number of aromatic amines is 1. The van der Waals surface area contributed by atoms with Crippen LogP contribution in [0.25, 0.3) is 11.3 Å². The van der Waals surface area contributed by atoms with Crippen molar-refractivity contribution in [1.82, 2.24) is 20.0 Å². The number of halogens is 1. The molecule has 0 saturated carbocycles. The first-order chi connectivity index (χ1) is 13.7. The number of nitrogens with one attached hydrogen (secondary N) is 1. The third-order valence-corrected chi connectivity index (χ3v) is 5.42. The van der Waals surface area contributed by atoms with Crippen LogP contribution in [0.15, 0.2) is 60.8 Å². The van der Waals surface area contributed by atoms with Crippen LogP contribution in [0, 0.1) is 0 Å². The van der Waals surface area contributed by atoms with Crippen molar-refractivity contribution in [2.75, 3.05) is 26.2 Å². The predicted octanol–water partition coefficient (Wildman–Crippen LogP) is 3.41. The minimum atomic E-state index is -0.364. The fourth-order valence-corrected chi connectivity index (χ4v) is 3.91. The maximum atomic E-state index is 10.5. The smallest absolute Gasteiger partial charge is 0.0794 e. The quantitative estimate of drug-likeness (QED) is 0.694. The van der Waals surface area contributed by atoms with Gasteiger partial charge in [-0.1, -0.05) is 54.1 Å². The highest BCUT2D eigenvalue weighted by Gasteiger charge is 2.22. The molecule has 0 amide bonds. The minimum Gasteiger partial charge on any atom is -0.390 e. The van der Waals surface area contributed by atoms with Crippen LogP contribution in [-0.2, 0) is 13.1 Å². The summed E-state index contributed by atoms with van der Waals surface area (Å²) in [5.74, 6) is 0. The molecule has 0 aliphatic carbocycles. The zero-order valence-electron chi connectivity index (χ0n) is 15.8. The molecule has 1 aliphatic heterocycles. The molecule has 4 rings (SSSR count). The van der Waals surface area contributed by atoms with Crippen LogP contribution in [0.3, 0.4) is 0 Å². The van der Waals surface area contributed by atoms with E-state index in [-0.39, 0.29) is 6.10 Å². The molecule has 2 N–H and O–H groups in total. The number of aliphatic hydroxyl groups excluding tert-OH is 1.